The van der Waals surface area contributed by atoms with Gasteiger partial charge in [0.05, 0.1) is 0 Å². The first kappa shape index (κ1) is 13.7. The van der Waals surface area contributed by atoms with E-state index in [1.807, 2.05) is 11.8 Å². The zero-order chi connectivity index (χ0) is 13.9. The van der Waals surface area contributed by atoms with Gasteiger partial charge < -0.3 is 5.32 Å². The maximum atomic E-state index is 3.52. The van der Waals surface area contributed by atoms with Crippen molar-refractivity contribution in [2.45, 2.75) is 36.0 Å². The van der Waals surface area contributed by atoms with Crippen LogP contribution in [-0.2, 0) is 12.8 Å². The molecule has 104 valence electrons. The minimum atomic E-state index is 0.523. The quantitative estimate of drug-likeness (QED) is 0.915. The Morgan fingerprint density at radius 3 is 2.60 bits per heavy atom. The van der Waals surface area contributed by atoms with E-state index in [9.17, 15) is 0 Å². The molecule has 20 heavy (non-hydrogen) atoms. The number of thioether (sulfide) groups is 1. The molecule has 0 aliphatic carbocycles. The summed E-state index contributed by atoms with van der Waals surface area (Å²) in [6, 6.07) is 18.3. The number of likely N-dealkylation sites (N-methyl/N-ethyl adjacent to an activating group) is 1. The van der Waals surface area contributed by atoms with Crippen molar-refractivity contribution in [3.8, 4) is 0 Å². The van der Waals surface area contributed by atoms with E-state index >= 15 is 0 Å². The smallest absolute Gasteiger partial charge is 0.0292 e. The summed E-state index contributed by atoms with van der Waals surface area (Å²) in [6.45, 7) is 2.14. The molecule has 1 nitrogen and oxygen atoms in total. The van der Waals surface area contributed by atoms with Gasteiger partial charge in [0.2, 0.25) is 0 Å². The summed E-state index contributed by atoms with van der Waals surface area (Å²) in [4.78, 5) is 1.46. The van der Waals surface area contributed by atoms with Crippen LogP contribution in [0.3, 0.4) is 0 Å². The maximum absolute atomic E-state index is 3.52. The molecule has 2 unspecified atom stereocenters. The third-order valence-corrected chi connectivity index (χ3v) is 5.52. The van der Waals surface area contributed by atoms with Gasteiger partial charge in [0.25, 0.3) is 0 Å². The fourth-order valence-corrected chi connectivity index (χ4v) is 4.28. The minimum absolute atomic E-state index is 0.523. The van der Waals surface area contributed by atoms with E-state index in [1.54, 1.807) is 0 Å². The Bertz CT molecular complexity index is 551. The Kier molecular flexibility index (Phi) is 4.13. The fraction of sp³-hybridized carbons (Fsp3) is 0.333. The standard InChI is InChI=1S/C18H21NS/c1-13-7-9-14(10-8-13)11-16(19-2)18-12-15-5-3-4-6-17(15)20-18/h3-10,16,18-19H,11-12H2,1-2H3. The van der Waals surface area contributed by atoms with Gasteiger partial charge >= 0.3 is 0 Å². The molecule has 0 aromatic heterocycles. The van der Waals surface area contributed by atoms with Gasteiger partial charge in [-0.25, -0.2) is 0 Å². The normalized spacial score (nSPS) is 18.8. The van der Waals surface area contributed by atoms with Crippen LogP contribution in [0, 0.1) is 6.92 Å². The summed E-state index contributed by atoms with van der Waals surface area (Å²) in [7, 11) is 2.09. The second-order valence-electron chi connectivity index (χ2n) is 5.55. The number of hydrogen-bond donors (Lipinski definition) is 1. The van der Waals surface area contributed by atoms with Crippen LogP contribution in [0.5, 0.6) is 0 Å². The number of fused-ring (bicyclic) bond motifs is 1. The topological polar surface area (TPSA) is 12.0 Å². The van der Waals surface area contributed by atoms with Crippen LogP contribution < -0.4 is 5.32 Å². The van der Waals surface area contributed by atoms with E-state index in [0.29, 0.717) is 11.3 Å². The van der Waals surface area contributed by atoms with Crippen molar-refractivity contribution < 1.29 is 0 Å². The lowest BCUT2D eigenvalue weighted by Crippen LogP contribution is -2.37. The van der Waals surface area contributed by atoms with E-state index in [-0.39, 0.29) is 0 Å². The molecule has 0 spiro atoms. The lowest BCUT2D eigenvalue weighted by molar-refractivity contribution is 0.537. The number of benzene rings is 2. The van der Waals surface area contributed by atoms with Crippen LogP contribution in [-0.4, -0.2) is 18.3 Å². The van der Waals surface area contributed by atoms with Gasteiger partial charge in [0.1, 0.15) is 0 Å². The van der Waals surface area contributed by atoms with Gasteiger partial charge in [-0.3, -0.25) is 0 Å². The Balaban J connectivity index is 1.71. The first-order valence-electron chi connectivity index (χ1n) is 7.23. The third-order valence-electron chi connectivity index (χ3n) is 4.07. The van der Waals surface area contributed by atoms with E-state index in [0.717, 1.165) is 6.42 Å². The molecule has 2 aromatic carbocycles. The number of nitrogens with one attached hydrogen (secondary N) is 1. The van der Waals surface area contributed by atoms with Crippen molar-refractivity contribution in [2.24, 2.45) is 0 Å². The molecule has 0 radical (unpaired) electrons. The molecular formula is C18H21NS. The third kappa shape index (κ3) is 2.92. The molecule has 3 rings (SSSR count). The highest BCUT2D eigenvalue weighted by atomic mass is 32.2. The molecule has 0 amide bonds. The summed E-state index contributed by atoms with van der Waals surface area (Å²) in [5.74, 6) is 0. The molecule has 0 fully saturated rings. The minimum Gasteiger partial charge on any atom is -0.316 e. The van der Waals surface area contributed by atoms with Gasteiger partial charge in [-0.1, -0.05) is 48.0 Å². The number of aryl methyl sites for hydroxylation is 1. The molecule has 0 saturated heterocycles. The van der Waals surface area contributed by atoms with Gasteiger partial charge in [0, 0.05) is 16.2 Å². The first-order chi connectivity index (χ1) is 9.76. The lowest BCUT2D eigenvalue weighted by atomic mass is 9.98. The van der Waals surface area contributed by atoms with Crippen LogP contribution in [0.4, 0.5) is 0 Å². The van der Waals surface area contributed by atoms with Crippen molar-refractivity contribution in [3.63, 3.8) is 0 Å². The summed E-state index contributed by atoms with van der Waals surface area (Å²) in [5.41, 5.74) is 4.26. The van der Waals surface area contributed by atoms with Crippen molar-refractivity contribution in [3.05, 3.63) is 65.2 Å². The van der Waals surface area contributed by atoms with Gasteiger partial charge in [0.15, 0.2) is 0 Å². The molecule has 1 aliphatic rings. The number of hydrogen-bond acceptors (Lipinski definition) is 2. The van der Waals surface area contributed by atoms with Crippen LogP contribution in [0.1, 0.15) is 16.7 Å². The molecule has 2 heteroatoms. The zero-order valence-corrected chi connectivity index (χ0v) is 12.9. The predicted octanol–water partition coefficient (Wildman–Crippen LogP) is 3.84. The first-order valence-corrected chi connectivity index (χ1v) is 8.11. The summed E-state index contributed by atoms with van der Waals surface area (Å²) in [6.07, 6.45) is 2.28. The molecule has 2 atom stereocenters. The molecule has 0 saturated carbocycles. The van der Waals surface area contributed by atoms with E-state index in [2.05, 4.69) is 67.8 Å². The Hall–Kier alpha value is -1.25. The molecule has 1 N–H and O–H groups in total. The highest BCUT2D eigenvalue weighted by molar-refractivity contribution is 8.00. The molecule has 0 bridgehead atoms. The van der Waals surface area contributed by atoms with Crippen LogP contribution in [0.25, 0.3) is 0 Å². The predicted molar refractivity (Wildman–Crippen MR) is 87.5 cm³/mol. The molecule has 1 aliphatic heterocycles. The Labute approximate surface area is 125 Å². The van der Waals surface area contributed by atoms with E-state index in [4.69, 9.17) is 0 Å². The second-order valence-corrected chi connectivity index (χ2v) is 6.83. The Morgan fingerprint density at radius 1 is 1.15 bits per heavy atom. The van der Waals surface area contributed by atoms with E-state index in [1.165, 1.54) is 28.0 Å². The summed E-state index contributed by atoms with van der Waals surface area (Å²) >= 11 is 2.03. The van der Waals surface area contributed by atoms with Crippen molar-refractivity contribution in [1.29, 1.82) is 0 Å². The van der Waals surface area contributed by atoms with Gasteiger partial charge in [-0.05, 0) is 44.0 Å². The molecule has 2 aromatic rings. The lowest BCUT2D eigenvalue weighted by Gasteiger charge is -2.22. The largest absolute Gasteiger partial charge is 0.316 e. The van der Waals surface area contributed by atoms with Gasteiger partial charge in [-0.15, -0.1) is 11.8 Å². The second kappa shape index (κ2) is 6.02. The summed E-state index contributed by atoms with van der Waals surface area (Å²) < 4.78 is 0. The highest BCUT2D eigenvalue weighted by Crippen LogP contribution is 2.38. The van der Waals surface area contributed by atoms with Crippen molar-refractivity contribution in [2.75, 3.05) is 7.05 Å². The van der Waals surface area contributed by atoms with Crippen molar-refractivity contribution >= 4 is 11.8 Å². The molecule has 1 heterocycles. The number of rotatable bonds is 4. The van der Waals surface area contributed by atoms with Gasteiger partial charge in [-0.2, -0.15) is 0 Å². The van der Waals surface area contributed by atoms with Crippen LogP contribution >= 0.6 is 11.8 Å². The zero-order valence-electron chi connectivity index (χ0n) is 12.1. The Morgan fingerprint density at radius 2 is 1.90 bits per heavy atom. The molecular weight excluding hydrogens is 262 g/mol. The monoisotopic (exact) mass is 283 g/mol. The average molecular weight is 283 g/mol. The van der Waals surface area contributed by atoms with Crippen LogP contribution in [0.15, 0.2) is 53.4 Å². The highest BCUT2D eigenvalue weighted by Gasteiger charge is 2.28. The van der Waals surface area contributed by atoms with Crippen LogP contribution in [0.2, 0.25) is 0 Å². The summed E-state index contributed by atoms with van der Waals surface area (Å²) in [5, 5.41) is 4.16. The fourth-order valence-electron chi connectivity index (χ4n) is 2.83. The SMILES string of the molecule is CNC(Cc1ccc(C)cc1)C1Cc2ccccc2S1. The maximum Gasteiger partial charge on any atom is 0.0292 e. The van der Waals surface area contributed by atoms with E-state index < -0.39 is 0 Å². The average Bonchev–Trinajstić information content (AvgIpc) is 2.90. The van der Waals surface area contributed by atoms with Crippen molar-refractivity contribution in [1.82, 2.24) is 5.32 Å².